The van der Waals surface area contributed by atoms with Crippen molar-refractivity contribution < 1.29 is 27.9 Å². The molecular weight excluding hydrogens is 628 g/mol. The molecule has 1 aromatic heterocycles. The molecule has 0 spiro atoms. The number of hydrogen-bond donors (Lipinski definition) is 3. The summed E-state index contributed by atoms with van der Waals surface area (Å²) in [6.45, 7) is 3.94. The molecule has 3 atom stereocenters. The first-order chi connectivity index (χ1) is 23.0. The normalized spacial score (nSPS) is 13.6. The molecule has 0 bridgehead atoms. The van der Waals surface area contributed by atoms with Crippen LogP contribution >= 0.6 is 0 Å². The number of carbonyl (C=O) groups excluding carboxylic acids is 3. The predicted octanol–water partition coefficient (Wildman–Crippen LogP) is 4.39. The second-order valence-electron chi connectivity index (χ2n) is 12.3. The molecule has 4 rings (SSSR count). The van der Waals surface area contributed by atoms with Crippen LogP contribution in [0.3, 0.4) is 0 Å². The minimum absolute atomic E-state index is 0.0937. The summed E-state index contributed by atoms with van der Waals surface area (Å²) in [6.07, 6.45) is -0.926. The lowest BCUT2D eigenvalue weighted by atomic mass is 9.87. The molecule has 3 N–H and O–H groups in total. The van der Waals surface area contributed by atoms with Crippen LogP contribution in [0.25, 0.3) is 10.9 Å². The van der Waals surface area contributed by atoms with Crippen molar-refractivity contribution in [3.8, 4) is 0 Å². The fraction of sp³-hybridized carbons (Fsp3) is 0.351. The topological polar surface area (TPSA) is 146 Å². The van der Waals surface area contributed by atoms with Crippen molar-refractivity contribution in [3.63, 3.8) is 0 Å². The van der Waals surface area contributed by atoms with Crippen LogP contribution in [0.5, 0.6) is 0 Å². The highest BCUT2D eigenvalue weighted by molar-refractivity contribution is 7.89. The maximum Gasteiger partial charge on any atom is 0.270 e. The van der Waals surface area contributed by atoms with Gasteiger partial charge in [0.1, 0.15) is 5.69 Å². The summed E-state index contributed by atoms with van der Waals surface area (Å²) < 4.78 is 28.8. The van der Waals surface area contributed by atoms with Crippen LogP contribution in [0.4, 0.5) is 0 Å². The van der Waals surface area contributed by atoms with Crippen LogP contribution < -0.4 is 10.6 Å². The van der Waals surface area contributed by atoms with Gasteiger partial charge >= 0.3 is 0 Å². The highest BCUT2D eigenvalue weighted by Gasteiger charge is 2.33. The second kappa shape index (κ2) is 17.1. The number of sulfonamides is 1. The van der Waals surface area contributed by atoms with Crippen LogP contribution in [0.2, 0.25) is 0 Å². The van der Waals surface area contributed by atoms with Crippen molar-refractivity contribution in [2.24, 2.45) is 11.8 Å². The molecule has 3 aromatic carbocycles. The van der Waals surface area contributed by atoms with Gasteiger partial charge in [0.15, 0.2) is 5.78 Å². The van der Waals surface area contributed by atoms with Gasteiger partial charge in [0.2, 0.25) is 15.9 Å². The number of carbonyl (C=O) groups is 3. The third kappa shape index (κ3) is 10.0. The average Bonchev–Trinajstić information content (AvgIpc) is 3.09. The standard InChI is InChI=1S/C37H44N4O6S/c1-26(2)20-21-41(48(46,47)30-15-8-5-9-16-30)25-35(43)29(22-27-12-6-4-7-13-27)23-34(42)33(24-36(44)38-3)40-37(45)32-19-18-28-14-10-11-17-31(28)39-32/h4-19,26,29,33,35,43H,20-25H2,1-3H3,(H,38,44)(H,40,45)/t29-,33+,35-/m1/s1. The van der Waals surface area contributed by atoms with Gasteiger partial charge in [0, 0.05) is 31.9 Å². The highest BCUT2D eigenvalue weighted by atomic mass is 32.2. The number of amides is 2. The predicted molar refractivity (Wildman–Crippen MR) is 186 cm³/mol. The molecule has 10 nitrogen and oxygen atoms in total. The smallest absolute Gasteiger partial charge is 0.270 e. The molecule has 0 aliphatic rings. The van der Waals surface area contributed by atoms with Crippen molar-refractivity contribution in [3.05, 3.63) is 108 Å². The molecule has 1 heterocycles. The lowest BCUT2D eigenvalue weighted by Gasteiger charge is -2.30. The number of fused-ring (bicyclic) bond motifs is 1. The Labute approximate surface area is 282 Å². The van der Waals surface area contributed by atoms with Gasteiger partial charge in [-0.25, -0.2) is 13.4 Å². The highest BCUT2D eigenvalue weighted by Crippen LogP contribution is 2.24. The number of hydrogen-bond acceptors (Lipinski definition) is 7. The number of aliphatic hydroxyl groups excluding tert-OH is 1. The average molecular weight is 673 g/mol. The zero-order chi connectivity index (χ0) is 34.7. The van der Waals surface area contributed by atoms with Crippen LogP contribution in [-0.2, 0) is 26.0 Å². The molecule has 11 heteroatoms. The monoisotopic (exact) mass is 672 g/mol. The van der Waals surface area contributed by atoms with E-state index in [1.54, 1.807) is 36.4 Å². The summed E-state index contributed by atoms with van der Waals surface area (Å²) >= 11 is 0. The van der Waals surface area contributed by atoms with E-state index in [2.05, 4.69) is 15.6 Å². The maximum absolute atomic E-state index is 13.9. The lowest BCUT2D eigenvalue weighted by Crippen LogP contribution is -2.46. The molecule has 0 saturated carbocycles. The number of benzene rings is 3. The van der Waals surface area contributed by atoms with Crippen LogP contribution in [0, 0.1) is 11.8 Å². The van der Waals surface area contributed by atoms with E-state index in [0.717, 1.165) is 10.9 Å². The van der Waals surface area contributed by atoms with E-state index in [1.807, 2.05) is 62.4 Å². The number of nitrogens with zero attached hydrogens (tertiary/aromatic N) is 2. The van der Waals surface area contributed by atoms with Gasteiger partial charge in [-0.05, 0) is 54.5 Å². The molecule has 0 saturated heterocycles. The number of nitrogens with one attached hydrogen (secondary N) is 2. The number of para-hydroxylation sites is 1. The molecule has 4 aromatic rings. The molecule has 0 unspecified atom stereocenters. The zero-order valence-corrected chi connectivity index (χ0v) is 28.4. The number of pyridine rings is 1. The molecule has 254 valence electrons. The van der Waals surface area contributed by atoms with Gasteiger partial charge in [-0.15, -0.1) is 0 Å². The van der Waals surface area contributed by atoms with Crippen molar-refractivity contribution in [1.29, 1.82) is 0 Å². The van der Waals surface area contributed by atoms with E-state index >= 15 is 0 Å². The Hall–Kier alpha value is -4.45. The Bertz CT molecular complexity index is 1780. The number of aliphatic hydroxyl groups is 1. The van der Waals surface area contributed by atoms with Gasteiger partial charge in [0.25, 0.3) is 5.91 Å². The van der Waals surface area contributed by atoms with E-state index in [9.17, 15) is 27.9 Å². The second-order valence-corrected chi connectivity index (χ2v) is 14.3. The van der Waals surface area contributed by atoms with E-state index < -0.39 is 45.7 Å². The molecule has 0 aliphatic heterocycles. The minimum Gasteiger partial charge on any atom is -0.391 e. The Morgan fingerprint density at radius 1 is 0.854 bits per heavy atom. The molecule has 0 aliphatic carbocycles. The van der Waals surface area contributed by atoms with Crippen LogP contribution in [0.1, 0.15) is 49.2 Å². The van der Waals surface area contributed by atoms with Gasteiger partial charge in [0.05, 0.1) is 29.0 Å². The Morgan fingerprint density at radius 3 is 2.17 bits per heavy atom. The van der Waals surface area contributed by atoms with Crippen molar-refractivity contribution in [2.45, 2.75) is 56.6 Å². The quantitative estimate of drug-likeness (QED) is 0.151. The minimum atomic E-state index is -3.95. The summed E-state index contributed by atoms with van der Waals surface area (Å²) in [4.78, 5) is 44.3. The molecule has 0 radical (unpaired) electrons. The van der Waals surface area contributed by atoms with Crippen molar-refractivity contribution >= 4 is 38.5 Å². The van der Waals surface area contributed by atoms with E-state index in [-0.39, 0.29) is 48.9 Å². The first kappa shape index (κ1) is 36.4. The third-order valence-electron chi connectivity index (χ3n) is 8.27. The molecular formula is C37H44N4O6S. The number of rotatable bonds is 17. The van der Waals surface area contributed by atoms with Crippen LogP contribution in [-0.4, -0.2) is 72.7 Å². The Kier molecular flexibility index (Phi) is 13.0. The Balaban J connectivity index is 1.60. The largest absolute Gasteiger partial charge is 0.391 e. The van der Waals surface area contributed by atoms with Gasteiger partial charge in [-0.3, -0.25) is 14.4 Å². The van der Waals surface area contributed by atoms with Crippen LogP contribution in [0.15, 0.2) is 102 Å². The first-order valence-corrected chi connectivity index (χ1v) is 17.6. The molecule has 48 heavy (non-hydrogen) atoms. The molecule has 0 fully saturated rings. The van der Waals surface area contributed by atoms with Crippen molar-refractivity contribution in [1.82, 2.24) is 19.9 Å². The van der Waals surface area contributed by atoms with Gasteiger partial charge in [-0.1, -0.05) is 86.6 Å². The number of Topliss-reactive ketones (excluding diaryl/α,β-unsaturated/α-hetero) is 1. The summed E-state index contributed by atoms with van der Waals surface area (Å²) in [7, 11) is -2.51. The number of ketones is 1. The number of aromatic nitrogens is 1. The van der Waals surface area contributed by atoms with Gasteiger partial charge in [-0.2, -0.15) is 4.31 Å². The Morgan fingerprint density at radius 2 is 1.50 bits per heavy atom. The van der Waals surface area contributed by atoms with E-state index in [4.69, 9.17) is 0 Å². The summed E-state index contributed by atoms with van der Waals surface area (Å²) in [5.41, 5.74) is 1.55. The summed E-state index contributed by atoms with van der Waals surface area (Å²) in [5.74, 6) is -2.04. The lowest BCUT2D eigenvalue weighted by molar-refractivity contribution is -0.127. The third-order valence-corrected chi connectivity index (χ3v) is 10.1. The first-order valence-electron chi connectivity index (χ1n) is 16.1. The van der Waals surface area contributed by atoms with Gasteiger partial charge < -0.3 is 15.7 Å². The SMILES string of the molecule is CNC(=O)C[C@H](NC(=O)c1ccc2ccccc2n1)C(=O)C[C@@H](Cc1ccccc1)[C@H](O)CN(CCC(C)C)S(=O)(=O)c1ccccc1. The zero-order valence-electron chi connectivity index (χ0n) is 27.6. The van der Waals surface area contributed by atoms with Crippen molar-refractivity contribution in [2.75, 3.05) is 20.1 Å². The maximum atomic E-state index is 13.9. The summed E-state index contributed by atoms with van der Waals surface area (Å²) in [6, 6.07) is 26.8. The summed E-state index contributed by atoms with van der Waals surface area (Å²) in [5, 5.41) is 17.7. The molecule has 2 amide bonds. The fourth-order valence-electron chi connectivity index (χ4n) is 5.43. The fourth-order valence-corrected chi connectivity index (χ4v) is 6.92. The van der Waals surface area contributed by atoms with E-state index in [1.165, 1.54) is 23.5 Å². The van der Waals surface area contributed by atoms with E-state index in [0.29, 0.717) is 11.9 Å².